The summed E-state index contributed by atoms with van der Waals surface area (Å²) >= 11 is 5.93. The third-order valence-corrected chi connectivity index (χ3v) is 5.21. The van der Waals surface area contributed by atoms with Gasteiger partial charge in [0.1, 0.15) is 5.65 Å². The van der Waals surface area contributed by atoms with Crippen LogP contribution < -0.4 is 5.32 Å². The first-order chi connectivity index (χ1) is 13.0. The van der Waals surface area contributed by atoms with Gasteiger partial charge < -0.3 is 5.32 Å². The molecule has 0 radical (unpaired) electrons. The first-order valence-corrected chi connectivity index (χ1v) is 9.83. The topological polar surface area (TPSA) is 29.9 Å². The Morgan fingerprint density at radius 3 is 2.41 bits per heavy atom. The Balaban J connectivity index is 2.16. The van der Waals surface area contributed by atoms with E-state index in [4.69, 9.17) is 16.6 Å². The van der Waals surface area contributed by atoms with Crippen molar-refractivity contribution in [3.63, 3.8) is 0 Å². The Morgan fingerprint density at radius 2 is 1.70 bits per heavy atom. The van der Waals surface area contributed by atoms with Crippen LogP contribution in [0.15, 0.2) is 42.5 Å². The summed E-state index contributed by atoms with van der Waals surface area (Å²) < 4.78 is 2.31. The number of pyridine rings is 1. The van der Waals surface area contributed by atoms with Crippen LogP contribution >= 0.6 is 11.6 Å². The second-order valence-electron chi connectivity index (χ2n) is 7.23. The number of anilines is 1. The van der Waals surface area contributed by atoms with Gasteiger partial charge in [-0.05, 0) is 51.0 Å². The highest BCUT2D eigenvalue weighted by atomic mass is 35.5. The molecule has 0 fully saturated rings. The lowest BCUT2D eigenvalue weighted by atomic mass is 10.0. The summed E-state index contributed by atoms with van der Waals surface area (Å²) in [7, 11) is 0. The average molecular weight is 378 g/mol. The fraction of sp³-hybridized carbons (Fsp3) is 0.261. The molecule has 0 spiro atoms. The predicted octanol–water partition coefficient (Wildman–Crippen LogP) is 6.06. The largest absolute Gasteiger partial charge is 0.383 e. The molecule has 27 heavy (non-hydrogen) atoms. The zero-order valence-corrected chi connectivity index (χ0v) is 17.0. The van der Waals surface area contributed by atoms with Crippen molar-refractivity contribution < 1.29 is 0 Å². The molecule has 0 atom stereocenters. The molecule has 4 aromatic rings. The molecule has 0 unspecified atom stereocenters. The van der Waals surface area contributed by atoms with Crippen LogP contribution in [0, 0.1) is 27.7 Å². The molecule has 0 aliphatic rings. The predicted molar refractivity (Wildman–Crippen MR) is 117 cm³/mol. The number of hydrogen-bond acceptors (Lipinski definition) is 2. The van der Waals surface area contributed by atoms with Gasteiger partial charge in [-0.3, -0.25) is 4.57 Å². The lowest BCUT2D eigenvalue weighted by molar-refractivity contribution is 1.07. The minimum Gasteiger partial charge on any atom is -0.383 e. The van der Waals surface area contributed by atoms with Crippen LogP contribution in [0.4, 0.5) is 5.69 Å². The average Bonchev–Trinajstić information content (AvgIpc) is 2.93. The molecular formula is C23H24ClN3. The van der Waals surface area contributed by atoms with E-state index in [1.165, 1.54) is 33.3 Å². The number of nitrogens with one attached hydrogen (secondary N) is 1. The van der Waals surface area contributed by atoms with Crippen LogP contribution in [-0.2, 0) is 0 Å². The Bertz CT molecular complexity index is 1130. The lowest BCUT2D eigenvalue weighted by Crippen LogP contribution is -2.05. The number of halogens is 1. The van der Waals surface area contributed by atoms with Gasteiger partial charge in [-0.15, -0.1) is 11.6 Å². The number of aromatic nitrogens is 2. The van der Waals surface area contributed by atoms with Gasteiger partial charge in [0.25, 0.3) is 0 Å². The smallest absolute Gasteiger partial charge is 0.147 e. The Morgan fingerprint density at radius 1 is 1.00 bits per heavy atom. The molecule has 2 aromatic carbocycles. The van der Waals surface area contributed by atoms with Crippen molar-refractivity contribution in [2.75, 3.05) is 17.7 Å². The van der Waals surface area contributed by atoms with Crippen LogP contribution in [0.5, 0.6) is 0 Å². The maximum atomic E-state index is 5.93. The van der Waals surface area contributed by atoms with Gasteiger partial charge >= 0.3 is 0 Å². The van der Waals surface area contributed by atoms with Crippen molar-refractivity contribution in [3.8, 4) is 5.69 Å². The molecule has 4 rings (SSSR count). The fourth-order valence-electron chi connectivity index (χ4n) is 4.15. The summed E-state index contributed by atoms with van der Waals surface area (Å²) in [6.07, 6.45) is 0. The summed E-state index contributed by atoms with van der Waals surface area (Å²) in [5, 5.41) is 5.85. The molecule has 0 saturated heterocycles. The van der Waals surface area contributed by atoms with Gasteiger partial charge in [-0.2, -0.15) is 0 Å². The minimum absolute atomic E-state index is 0.567. The lowest BCUT2D eigenvalue weighted by Gasteiger charge is -2.15. The van der Waals surface area contributed by atoms with E-state index in [1.807, 2.05) is 6.92 Å². The SMILES string of the molecule is Cc1cc(C)c(-n2c3ccccc3c3c(NCCCl)cc(C)nc32)c(C)c1. The van der Waals surface area contributed by atoms with Crippen molar-refractivity contribution in [1.82, 2.24) is 9.55 Å². The molecule has 1 N–H and O–H groups in total. The molecule has 3 nitrogen and oxygen atoms in total. The van der Waals surface area contributed by atoms with E-state index >= 15 is 0 Å². The Hall–Kier alpha value is -2.52. The van der Waals surface area contributed by atoms with Crippen LogP contribution in [0.25, 0.3) is 27.6 Å². The number of fused-ring (bicyclic) bond motifs is 3. The molecule has 0 saturated carbocycles. The number of rotatable bonds is 4. The number of para-hydroxylation sites is 1. The van der Waals surface area contributed by atoms with Gasteiger partial charge in [0.15, 0.2) is 0 Å². The summed E-state index contributed by atoms with van der Waals surface area (Å²) in [5.74, 6) is 0.567. The highest BCUT2D eigenvalue weighted by Crippen LogP contribution is 2.37. The van der Waals surface area contributed by atoms with Crippen molar-refractivity contribution in [1.29, 1.82) is 0 Å². The van der Waals surface area contributed by atoms with E-state index in [9.17, 15) is 0 Å². The second kappa shape index (κ2) is 6.90. The fourth-order valence-corrected chi connectivity index (χ4v) is 4.25. The quantitative estimate of drug-likeness (QED) is 0.438. The van der Waals surface area contributed by atoms with Crippen LogP contribution in [0.2, 0.25) is 0 Å². The third-order valence-electron chi connectivity index (χ3n) is 5.02. The molecule has 4 heteroatoms. The van der Waals surface area contributed by atoms with E-state index in [0.717, 1.165) is 29.0 Å². The zero-order chi connectivity index (χ0) is 19.1. The normalized spacial score (nSPS) is 11.4. The molecule has 0 bridgehead atoms. The third kappa shape index (κ3) is 2.96. The van der Waals surface area contributed by atoms with Crippen molar-refractivity contribution in [2.45, 2.75) is 27.7 Å². The molecule has 0 aliphatic carbocycles. The summed E-state index contributed by atoms with van der Waals surface area (Å²) in [5.41, 5.74) is 9.26. The number of alkyl halides is 1. The van der Waals surface area contributed by atoms with Crippen molar-refractivity contribution >= 4 is 39.2 Å². The number of aryl methyl sites for hydroxylation is 4. The summed E-state index contributed by atoms with van der Waals surface area (Å²) in [4.78, 5) is 4.95. The number of hydrogen-bond donors (Lipinski definition) is 1. The van der Waals surface area contributed by atoms with Gasteiger partial charge in [-0.1, -0.05) is 35.9 Å². The van der Waals surface area contributed by atoms with Crippen LogP contribution in [0.1, 0.15) is 22.4 Å². The standard InChI is InChI=1S/C23H24ClN3/c1-14-11-15(2)22(16(3)12-14)27-20-8-6-5-7-18(20)21-19(25-10-9-24)13-17(4)26-23(21)27/h5-8,11-13H,9-10H2,1-4H3,(H,25,26). The first kappa shape index (κ1) is 17.9. The van der Waals surface area contributed by atoms with Crippen molar-refractivity contribution in [3.05, 3.63) is 64.8 Å². The Kier molecular flexibility index (Phi) is 4.56. The highest BCUT2D eigenvalue weighted by Gasteiger charge is 2.19. The minimum atomic E-state index is 0.567. The van der Waals surface area contributed by atoms with E-state index in [2.05, 4.69) is 73.1 Å². The van der Waals surface area contributed by atoms with Gasteiger partial charge in [0.05, 0.1) is 16.6 Å². The molecule has 0 amide bonds. The van der Waals surface area contributed by atoms with E-state index in [0.29, 0.717) is 5.88 Å². The van der Waals surface area contributed by atoms with Crippen molar-refractivity contribution in [2.24, 2.45) is 0 Å². The Labute approximate surface area is 165 Å². The maximum Gasteiger partial charge on any atom is 0.147 e. The first-order valence-electron chi connectivity index (χ1n) is 9.30. The molecular weight excluding hydrogens is 354 g/mol. The highest BCUT2D eigenvalue weighted by molar-refractivity contribution is 6.18. The van der Waals surface area contributed by atoms with E-state index in [-0.39, 0.29) is 0 Å². The van der Waals surface area contributed by atoms with Crippen LogP contribution in [-0.4, -0.2) is 22.0 Å². The summed E-state index contributed by atoms with van der Waals surface area (Å²) in [6.45, 7) is 9.27. The molecule has 0 aliphatic heterocycles. The van der Waals surface area contributed by atoms with Crippen LogP contribution in [0.3, 0.4) is 0 Å². The molecule has 2 aromatic heterocycles. The monoisotopic (exact) mass is 377 g/mol. The second-order valence-corrected chi connectivity index (χ2v) is 7.60. The molecule has 2 heterocycles. The number of nitrogens with zero attached hydrogens (tertiary/aromatic N) is 2. The maximum absolute atomic E-state index is 5.93. The van der Waals surface area contributed by atoms with E-state index < -0.39 is 0 Å². The van der Waals surface area contributed by atoms with Gasteiger partial charge in [0.2, 0.25) is 0 Å². The summed E-state index contributed by atoms with van der Waals surface area (Å²) in [6, 6.07) is 15.1. The van der Waals surface area contributed by atoms with Gasteiger partial charge in [0, 0.05) is 29.2 Å². The van der Waals surface area contributed by atoms with E-state index in [1.54, 1.807) is 0 Å². The number of benzene rings is 2. The van der Waals surface area contributed by atoms with Gasteiger partial charge in [-0.25, -0.2) is 4.98 Å². The molecule has 138 valence electrons. The zero-order valence-electron chi connectivity index (χ0n) is 16.2.